The fourth-order valence-electron chi connectivity index (χ4n) is 2.60. The highest BCUT2D eigenvalue weighted by Crippen LogP contribution is 2.29. The number of nitrogens with zero attached hydrogens (tertiary/aromatic N) is 4. The number of hydrogen-bond acceptors (Lipinski definition) is 6. The van der Waals surface area contributed by atoms with Crippen molar-refractivity contribution in [3.63, 3.8) is 0 Å². The van der Waals surface area contributed by atoms with Crippen LogP contribution in [-0.4, -0.2) is 45.1 Å². The SMILES string of the molecule is Cc1cc2c(cn1)cc(-c1cnn(C(=O)OC(C)(C)C)c1)n2S(C)(=O)=O. The van der Waals surface area contributed by atoms with Gasteiger partial charge in [-0.25, -0.2) is 17.2 Å². The lowest BCUT2D eigenvalue weighted by molar-refractivity contribution is 0.0514. The van der Waals surface area contributed by atoms with Crippen LogP contribution in [0.1, 0.15) is 26.5 Å². The van der Waals surface area contributed by atoms with Crippen molar-refractivity contribution < 1.29 is 17.9 Å². The van der Waals surface area contributed by atoms with Gasteiger partial charge >= 0.3 is 6.09 Å². The second-order valence-corrected chi connectivity index (χ2v) is 8.93. The minimum absolute atomic E-state index is 0.407. The number of pyridine rings is 1. The second-order valence-electron chi connectivity index (χ2n) is 7.10. The van der Waals surface area contributed by atoms with E-state index in [1.54, 1.807) is 46.0 Å². The molecule has 0 saturated carbocycles. The van der Waals surface area contributed by atoms with Gasteiger partial charge in [-0.2, -0.15) is 9.78 Å². The summed E-state index contributed by atoms with van der Waals surface area (Å²) in [5.74, 6) is 0. The molecule has 0 aromatic carbocycles. The molecule has 0 atom stereocenters. The summed E-state index contributed by atoms with van der Waals surface area (Å²) in [6.45, 7) is 7.06. The van der Waals surface area contributed by atoms with Crippen molar-refractivity contribution in [1.29, 1.82) is 0 Å². The summed E-state index contributed by atoms with van der Waals surface area (Å²) in [5, 5.41) is 4.69. The predicted octanol–water partition coefficient (Wildman–Crippen LogP) is 2.80. The van der Waals surface area contributed by atoms with Gasteiger partial charge in [-0.3, -0.25) is 4.98 Å². The topological polar surface area (TPSA) is 96.1 Å². The van der Waals surface area contributed by atoms with Crippen LogP contribution >= 0.6 is 0 Å². The van der Waals surface area contributed by atoms with Gasteiger partial charge in [0.15, 0.2) is 0 Å². The molecule has 3 rings (SSSR count). The Morgan fingerprint density at radius 3 is 2.50 bits per heavy atom. The van der Waals surface area contributed by atoms with Crippen LogP contribution in [0, 0.1) is 6.92 Å². The number of carbonyl (C=O) groups excluding carboxylic acids is 1. The summed E-state index contributed by atoms with van der Waals surface area (Å²) in [6.07, 6.45) is 4.99. The van der Waals surface area contributed by atoms with Crippen molar-refractivity contribution in [1.82, 2.24) is 18.7 Å². The number of fused-ring (bicyclic) bond motifs is 1. The Morgan fingerprint density at radius 1 is 1.19 bits per heavy atom. The van der Waals surface area contributed by atoms with Gasteiger partial charge in [-0.05, 0) is 39.8 Å². The molecule has 0 aliphatic heterocycles. The van der Waals surface area contributed by atoms with Crippen molar-refractivity contribution in [3.8, 4) is 11.3 Å². The largest absolute Gasteiger partial charge is 0.442 e. The summed E-state index contributed by atoms with van der Waals surface area (Å²) in [4.78, 5) is 16.4. The summed E-state index contributed by atoms with van der Waals surface area (Å²) in [5.41, 5.74) is 1.46. The van der Waals surface area contributed by atoms with Crippen LogP contribution in [0.5, 0.6) is 0 Å². The van der Waals surface area contributed by atoms with E-state index in [1.807, 2.05) is 0 Å². The van der Waals surface area contributed by atoms with Crippen LogP contribution in [0.15, 0.2) is 30.7 Å². The molecule has 0 fully saturated rings. The third-order valence-corrected chi connectivity index (χ3v) is 4.63. The summed E-state index contributed by atoms with van der Waals surface area (Å²) < 4.78 is 32.3. The molecule has 138 valence electrons. The van der Waals surface area contributed by atoms with Crippen molar-refractivity contribution in [2.45, 2.75) is 33.3 Å². The van der Waals surface area contributed by atoms with Crippen molar-refractivity contribution >= 4 is 27.0 Å². The van der Waals surface area contributed by atoms with Gasteiger partial charge in [-0.1, -0.05) is 0 Å². The summed E-state index contributed by atoms with van der Waals surface area (Å²) in [6, 6.07) is 3.41. The van der Waals surface area contributed by atoms with Crippen LogP contribution in [0.25, 0.3) is 22.2 Å². The zero-order chi connectivity index (χ0) is 19.3. The molecule has 3 aromatic rings. The molecular formula is C17H20N4O4S. The van der Waals surface area contributed by atoms with Gasteiger partial charge in [-0.15, -0.1) is 0 Å². The van der Waals surface area contributed by atoms with Gasteiger partial charge in [0.2, 0.25) is 10.0 Å². The van der Waals surface area contributed by atoms with Crippen molar-refractivity contribution in [2.24, 2.45) is 0 Å². The normalized spacial score (nSPS) is 12.5. The number of rotatable bonds is 2. The molecule has 0 radical (unpaired) electrons. The first kappa shape index (κ1) is 18.1. The van der Waals surface area contributed by atoms with E-state index in [2.05, 4.69) is 10.1 Å². The van der Waals surface area contributed by atoms with Crippen LogP contribution in [0.4, 0.5) is 4.79 Å². The molecule has 0 bridgehead atoms. The van der Waals surface area contributed by atoms with Crippen molar-refractivity contribution in [3.05, 3.63) is 36.4 Å². The van der Waals surface area contributed by atoms with Crippen LogP contribution in [-0.2, 0) is 14.8 Å². The maximum absolute atomic E-state index is 12.4. The lowest BCUT2D eigenvalue weighted by Crippen LogP contribution is -2.27. The Kier molecular flexibility index (Phi) is 4.14. The lowest BCUT2D eigenvalue weighted by atomic mass is 10.2. The Hall–Kier alpha value is -2.68. The molecule has 0 amide bonds. The zero-order valence-electron chi connectivity index (χ0n) is 15.2. The van der Waals surface area contributed by atoms with E-state index in [9.17, 15) is 13.2 Å². The molecular weight excluding hydrogens is 356 g/mol. The van der Waals surface area contributed by atoms with E-state index in [0.29, 0.717) is 27.9 Å². The first-order valence-electron chi connectivity index (χ1n) is 7.93. The van der Waals surface area contributed by atoms with E-state index in [1.165, 1.54) is 16.4 Å². The second kappa shape index (κ2) is 5.94. The Morgan fingerprint density at radius 2 is 1.88 bits per heavy atom. The minimum Gasteiger partial charge on any atom is -0.442 e. The highest BCUT2D eigenvalue weighted by molar-refractivity contribution is 7.89. The molecule has 26 heavy (non-hydrogen) atoms. The Labute approximate surface area is 151 Å². The maximum Gasteiger partial charge on any atom is 0.435 e. The number of aryl methyl sites for hydroxylation is 1. The average molecular weight is 376 g/mol. The quantitative estimate of drug-likeness (QED) is 0.682. The van der Waals surface area contributed by atoms with E-state index >= 15 is 0 Å². The average Bonchev–Trinajstić information content (AvgIpc) is 3.08. The highest BCUT2D eigenvalue weighted by atomic mass is 32.2. The standard InChI is InChI=1S/C17H20N4O4S/c1-11-6-14-12(8-18-11)7-15(21(14)26(5,23)24)13-9-19-20(10-13)16(22)25-17(2,3)4/h6-10H,1-5H3. The van der Waals surface area contributed by atoms with Crippen LogP contribution in [0.3, 0.4) is 0 Å². The van der Waals surface area contributed by atoms with E-state index in [-0.39, 0.29) is 0 Å². The predicted molar refractivity (Wildman–Crippen MR) is 97.6 cm³/mol. The van der Waals surface area contributed by atoms with Crippen molar-refractivity contribution in [2.75, 3.05) is 6.26 Å². The third-order valence-electron chi connectivity index (χ3n) is 3.57. The first-order chi connectivity index (χ1) is 12.0. The minimum atomic E-state index is -3.59. The summed E-state index contributed by atoms with van der Waals surface area (Å²) >= 11 is 0. The van der Waals surface area contributed by atoms with Gasteiger partial charge in [0.25, 0.3) is 0 Å². The fourth-order valence-corrected chi connectivity index (χ4v) is 3.63. The molecule has 9 heteroatoms. The van der Waals surface area contributed by atoms with Gasteiger partial charge in [0.05, 0.1) is 23.7 Å². The van der Waals surface area contributed by atoms with E-state index in [4.69, 9.17) is 4.74 Å². The molecule has 0 spiro atoms. The number of hydrogen-bond donors (Lipinski definition) is 0. The molecule has 0 saturated heterocycles. The molecule has 0 unspecified atom stereocenters. The highest BCUT2D eigenvalue weighted by Gasteiger charge is 2.22. The van der Waals surface area contributed by atoms with E-state index < -0.39 is 21.7 Å². The maximum atomic E-state index is 12.4. The molecule has 3 aromatic heterocycles. The first-order valence-corrected chi connectivity index (χ1v) is 9.77. The van der Waals surface area contributed by atoms with Gasteiger partial charge in [0.1, 0.15) is 5.60 Å². The molecule has 3 heterocycles. The lowest BCUT2D eigenvalue weighted by Gasteiger charge is -2.18. The fraction of sp³-hybridized carbons (Fsp3) is 0.353. The third kappa shape index (κ3) is 3.48. The van der Waals surface area contributed by atoms with Gasteiger partial charge < -0.3 is 4.74 Å². The van der Waals surface area contributed by atoms with Crippen LogP contribution < -0.4 is 0 Å². The monoisotopic (exact) mass is 376 g/mol. The number of ether oxygens (including phenoxy) is 1. The zero-order valence-corrected chi connectivity index (χ0v) is 16.0. The molecule has 0 aliphatic carbocycles. The molecule has 8 nitrogen and oxygen atoms in total. The number of aromatic nitrogens is 4. The summed E-state index contributed by atoms with van der Waals surface area (Å²) in [7, 11) is -3.59. The van der Waals surface area contributed by atoms with E-state index in [0.717, 1.165) is 10.9 Å². The molecule has 0 N–H and O–H groups in total. The molecule has 0 aliphatic rings. The van der Waals surface area contributed by atoms with Gasteiger partial charge in [0, 0.05) is 29.0 Å². The Bertz CT molecular complexity index is 1100. The van der Waals surface area contributed by atoms with Crippen LogP contribution in [0.2, 0.25) is 0 Å². The Balaban J connectivity index is 2.14. The number of carbonyl (C=O) groups is 1. The smallest absolute Gasteiger partial charge is 0.435 e.